The lowest BCUT2D eigenvalue weighted by atomic mass is 9.84. The van der Waals surface area contributed by atoms with Gasteiger partial charge in [0.25, 0.3) is 0 Å². The van der Waals surface area contributed by atoms with Crippen molar-refractivity contribution >= 4 is 16.1 Å². The Morgan fingerprint density at radius 3 is 2.20 bits per heavy atom. The number of hydrogen-bond donors (Lipinski definition) is 1. The first-order valence-corrected chi connectivity index (χ1v) is 17.1. The summed E-state index contributed by atoms with van der Waals surface area (Å²) in [5, 5.41) is 0. The number of carbonyl (C=O) groups excluding carboxylic acids is 1. The summed E-state index contributed by atoms with van der Waals surface area (Å²) in [6.45, 7) is 9.00. The van der Waals surface area contributed by atoms with Crippen molar-refractivity contribution in [1.82, 2.24) is 23.7 Å². The maximum Gasteiger partial charge on any atom is 0.320 e. The minimum atomic E-state index is -3.39. The fourth-order valence-electron chi connectivity index (χ4n) is 5.67. The fourth-order valence-corrected chi connectivity index (χ4v) is 7.31. The van der Waals surface area contributed by atoms with Crippen molar-refractivity contribution in [1.29, 1.82) is 0 Å². The lowest BCUT2D eigenvalue weighted by molar-refractivity contribution is 0.0615. The van der Waals surface area contributed by atoms with Gasteiger partial charge in [0.15, 0.2) is 0 Å². The number of benzene rings is 2. The van der Waals surface area contributed by atoms with E-state index in [1.54, 1.807) is 9.80 Å². The molecule has 2 aromatic carbocycles. The zero-order valence-corrected chi connectivity index (χ0v) is 27.2. The number of alkyl halides is 1. The van der Waals surface area contributed by atoms with E-state index in [2.05, 4.69) is 4.57 Å². The molecule has 1 aromatic heterocycles. The van der Waals surface area contributed by atoms with Crippen LogP contribution in [0.3, 0.4) is 0 Å². The predicted octanol–water partition coefficient (Wildman–Crippen LogP) is 5.15. The zero-order valence-electron chi connectivity index (χ0n) is 26.4. The first kappa shape index (κ1) is 33.6. The molecule has 3 aromatic rings. The van der Waals surface area contributed by atoms with Crippen molar-refractivity contribution < 1.29 is 17.6 Å². The highest BCUT2D eigenvalue weighted by atomic mass is 32.2. The maximum absolute atomic E-state index is 15.2. The minimum absolute atomic E-state index is 0.101. The van der Waals surface area contributed by atoms with Gasteiger partial charge in [0.1, 0.15) is 12.0 Å². The summed E-state index contributed by atoms with van der Waals surface area (Å²) >= 11 is 0. The second-order valence-corrected chi connectivity index (χ2v) is 14.6. The number of nitrogens with two attached hydrogens (primary N) is 1. The van der Waals surface area contributed by atoms with Crippen molar-refractivity contribution in [3.63, 3.8) is 0 Å². The second kappa shape index (κ2) is 14.7. The molecule has 1 fully saturated rings. The van der Waals surface area contributed by atoms with E-state index in [4.69, 9.17) is 10.7 Å². The molecule has 11 heteroatoms. The Morgan fingerprint density at radius 1 is 1.02 bits per heavy atom. The summed E-state index contributed by atoms with van der Waals surface area (Å²) in [5.74, 6) is 0.752. The molecule has 2 amide bonds. The van der Waals surface area contributed by atoms with Crippen LogP contribution in [0.15, 0.2) is 66.9 Å². The molecule has 0 saturated carbocycles. The highest BCUT2D eigenvalue weighted by molar-refractivity contribution is 7.89. The molecule has 2 N–H and O–H groups in total. The molecule has 9 nitrogen and oxygen atoms in total. The third kappa shape index (κ3) is 8.25. The van der Waals surface area contributed by atoms with E-state index < -0.39 is 27.7 Å². The van der Waals surface area contributed by atoms with Crippen LogP contribution in [0.25, 0.3) is 11.3 Å². The largest absolute Gasteiger partial charge is 0.328 e. The molecule has 2 unspecified atom stereocenters. The molecule has 1 saturated heterocycles. The second-order valence-electron chi connectivity index (χ2n) is 12.6. The Balaban J connectivity index is 1.72. The topological polar surface area (TPSA) is 105 Å². The van der Waals surface area contributed by atoms with E-state index in [1.165, 1.54) is 4.31 Å². The number of rotatable bonds is 12. The normalized spacial score (nSPS) is 16.1. The smallest absolute Gasteiger partial charge is 0.320 e. The van der Waals surface area contributed by atoms with Gasteiger partial charge in [-0.3, -0.25) is 0 Å². The Hall–Kier alpha value is -3.28. The van der Waals surface area contributed by atoms with Crippen LogP contribution in [-0.4, -0.2) is 89.3 Å². The van der Waals surface area contributed by atoms with Gasteiger partial charge < -0.3 is 20.1 Å². The Morgan fingerprint density at radius 2 is 1.64 bits per heavy atom. The van der Waals surface area contributed by atoms with Crippen LogP contribution < -0.4 is 5.73 Å². The number of nitrogens with zero attached hydrogens (tertiary/aromatic N) is 5. The van der Waals surface area contributed by atoms with Crippen LogP contribution in [0, 0.1) is 5.41 Å². The van der Waals surface area contributed by atoms with Crippen LogP contribution >= 0.6 is 0 Å². The van der Waals surface area contributed by atoms with E-state index in [-0.39, 0.29) is 51.1 Å². The number of aromatic nitrogens is 2. The van der Waals surface area contributed by atoms with Crippen LogP contribution in [0.2, 0.25) is 0 Å². The molecule has 44 heavy (non-hydrogen) atoms. The van der Waals surface area contributed by atoms with Crippen molar-refractivity contribution in [2.24, 2.45) is 11.1 Å². The molecular weight excluding hydrogens is 579 g/mol. The first-order valence-electron chi connectivity index (χ1n) is 15.5. The number of amides is 2. The quantitative estimate of drug-likeness (QED) is 0.299. The number of urea groups is 1. The Kier molecular flexibility index (Phi) is 11.2. The van der Waals surface area contributed by atoms with Gasteiger partial charge in [-0.05, 0) is 17.4 Å². The highest BCUT2D eigenvalue weighted by Gasteiger charge is 2.41. The SMILES string of the molecule is CCCCS(=O)(=O)N1CCN(C(=O)N(CC(F)CN)C(c2nc(-c3ccccc3)cn2Cc2ccccc2)C(C)(C)C)CC1. The summed E-state index contributed by atoms with van der Waals surface area (Å²) < 4.78 is 44.3. The number of unbranched alkanes of at least 4 members (excludes halogenated alkanes) is 1. The monoisotopic (exact) mass is 626 g/mol. The Labute approximate surface area is 261 Å². The average molecular weight is 627 g/mol. The highest BCUT2D eigenvalue weighted by Crippen LogP contribution is 2.40. The summed E-state index contributed by atoms with van der Waals surface area (Å²) in [4.78, 5) is 22.6. The lowest BCUT2D eigenvalue weighted by Gasteiger charge is -2.44. The molecular formula is C33H47FN6O3S. The summed E-state index contributed by atoms with van der Waals surface area (Å²) in [7, 11) is -3.39. The molecule has 0 bridgehead atoms. The molecule has 0 spiro atoms. The van der Waals surface area contributed by atoms with Crippen LogP contribution in [0.5, 0.6) is 0 Å². The zero-order chi connectivity index (χ0) is 31.9. The van der Waals surface area contributed by atoms with Gasteiger partial charge in [0, 0.05) is 51.0 Å². The Bertz CT molecular complexity index is 1450. The van der Waals surface area contributed by atoms with Crippen molar-refractivity contribution in [3.05, 3.63) is 78.2 Å². The van der Waals surface area contributed by atoms with Gasteiger partial charge in [0.2, 0.25) is 10.0 Å². The van der Waals surface area contributed by atoms with Gasteiger partial charge in [-0.1, -0.05) is 94.8 Å². The van der Waals surface area contributed by atoms with Gasteiger partial charge in [-0.25, -0.2) is 22.6 Å². The fraction of sp³-hybridized carbons (Fsp3) is 0.515. The van der Waals surface area contributed by atoms with Crippen LogP contribution in [-0.2, 0) is 16.6 Å². The number of carbonyl (C=O) groups is 1. The summed E-state index contributed by atoms with van der Waals surface area (Å²) in [6.07, 6.45) is 1.94. The van der Waals surface area contributed by atoms with Gasteiger partial charge >= 0.3 is 6.03 Å². The third-order valence-corrected chi connectivity index (χ3v) is 9.96. The third-order valence-electron chi connectivity index (χ3n) is 8.00. The van der Waals surface area contributed by atoms with Crippen LogP contribution in [0.4, 0.5) is 9.18 Å². The minimum Gasteiger partial charge on any atom is -0.328 e. The number of imidazole rings is 1. The molecule has 2 atom stereocenters. The van der Waals surface area contributed by atoms with E-state index in [1.807, 2.05) is 94.6 Å². The van der Waals surface area contributed by atoms with Crippen molar-refractivity contribution in [2.75, 3.05) is 45.0 Å². The molecule has 240 valence electrons. The number of hydrogen-bond acceptors (Lipinski definition) is 5. The maximum atomic E-state index is 15.2. The lowest BCUT2D eigenvalue weighted by Crippen LogP contribution is -2.57. The molecule has 1 aliphatic heterocycles. The molecule has 4 rings (SSSR count). The molecule has 2 heterocycles. The van der Waals surface area contributed by atoms with E-state index in [0.717, 1.165) is 23.2 Å². The van der Waals surface area contributed by atoms with Gasteiger partial charge in [-0.2, -0.15) is 4.31 Å². The van der Waals surface area contributed by atoms with Crippen molar-refractivity contribution in [3.8, 4) is 11.3 Å². The summed E-state index contributed by atoms with van der Waals surface area (Å²) in [6, 6.07) is 18.9. The summed E-state index contributed by atoms with van der Waals surface area (Å²) in [5.41, 5.74) is 7.98. The van der Waals surface area contributed by atoms with Gasteiger partial charge in [-0.15, -0.1) is 0 Å². The standard InChI is InChI=1S/C33H47FN6O3S/c1-5-6-21-44(42,43)39-19-17-37(18-20-39)32(41)40(24-28(34)22-35)30(33(2,3)4)31-36-29(27-15-11-8-12-16-27)25-38(31)23-26-13-9-7-10-14-26/h7-16,25,28,30H,5-6,17-24,35H2,1-4H3. The predicted molar refractivity (Wildman–Crippen MR) is 173 cm³/mol. The molecule has 0 aliphatic carbocycles. The van der Waals surface area contributed by atoms with Gasteiger partial charge in [0.05, 0.1) is 24.0 Å². The number of sulfonamides is 1. The van der Waals surface area contributed by atoms with Crippen LogP contribution in [0.1, 0.15) is 58.0 Å². The average Bonchev–Trinajstić information content (AvgIpc) is 3.42. The van der Waals surface area contributed by atoms with E-state index in [9.17, 15) is 13.2 Å². The molecule has 1 aliphatic rings. The first-order chi connectivity index (χ1) is 20.9. The molecule has 0 radical (unpaired) electrons. The number of halogens is 1. The number of piperazine rings is 1. The van der Waals surface area contributed by atoms with E-state index >= 15 is 4.39 Å². The van der Waals surface area contributed by atoms with Crippen molar-refractivity contribution in [2.45, 2.75) is 59.3 Å². The van der Waals surface area contributed by atoms with E-state index in [0.29, 0.717) is 18.8 Å².